The molecule has 1 N–H and O–H groups in total. The Labute approximate surface area is 197 Å². The topological polar surface area (TPSA) is 78.7 Å². The number of carbonyl (C=O) groups is 1. The first-order chi connectivity index (χ1) is 16.0. The molecule has 170 valence electrons. The molecule has 8 heteroatoms. The summed E-state index contributed by atoms with van der Waals surface area (Å²) in [5.74, 6) is -0.481. The Bertz CT molecular complexity index is 1110. The van der Waals surface area contributed by atoms with E-state index in [9.17, 15) is 14.9 Å². The first-order valence-electron chi connectivity index (χ1n) is 10.8. The second-order valence-electron chi connectivity index (χ2n) is 8.11. The summed E-state index contributed by atoms with van der Waals surface area (Å²) in [6.45, 7) is 5.93. The molecule has 1 amide bonds. The SMILES string of the molecule is O=C(Nc1ccc(CN2CCN(Cc3ccccc3)CC2)cc1)c1cc([N+](=O)[O-])ccc1Cl. The summed E-state index contributed by atoms with van der Waals surface area (Å²) in [6, 6.07) is 22.0. The van der Waals surface area contributed by atoms with Crippen LogP contribution in [-0.4, -0.2) is 46.8 Å². The van der Waals surface area contributed by atoms with E-state index in [0.29, 0.717) is 5.69 Å². The van der Waals surface area contributed by atoms with Gasteiger partial charge in [0.05, 0.1) is 15.5 Å². The molecule has 3 aromatic rings. The van der Waals surface area contributed by atoms with Crippen molar-refractivity contribution in [1.29, 1.82) is 0 Å². The Balaban J connectivity index is 1.29. The lowest BCUT2D eigenvalue weighted by Gasteiger charge is -2.34. The maximum absolute atomic E-state index is 12.5. The van der Waals surface area contributed by atoms with Gasteiger partial charge < -0.3 is 5.32 Å². The Kier molecular flexibility index (Phi) is 7.34. The van der Waals surface area contributed by atoms with Crippen LogP contribution in [0.2, 0.25) is 5.02 Å². The molecule has 0 unspecified atom stereocenters. The molecule has 33 heavy (non-hydrogen) atoms. The maximum Gasteiger partial charge on any atom is 0.270 e. The molecule has 0 spiro atoms. The highest BCUT2D eigenvalue weighted by molar-refractivity contribution is 6.34. The van der Waals surface area contributed by atoms with E-state index in [1.807, 2.05) is 30.3 Å². The van der Waals surface area contributed by atoms with Crippen molar-refractivity contribution in [3.05, 3.63) is 105 Å². The van der Waals surface area contributed by atoms with Crippen LogP contribution in [0.4, 0.5) is 11.4 Å². The zero-order chi connectivity index (χ0) is 23.2. The van der Waals surface area contributed by atoms with Crippen molar-refractivity contribution < 1.29 is 9.72 Å². The molecule has 1 aliphatic heterocycles. The van der Waals surface area contributed by atoms with Crippen LogP contribution in [0, 0.1) is 10.1 Å². The fourth-order valence-corrected chi connectivity index (χ4v) is 4.10. The van der Waals surface area contributed by atoms with Crippen molar-refractivity contribution in [3.8, 4) is 0 Å². The highest BCUT2D eigenvalue weighted by Crippen LogP contribution is 2.23. The number of rotatable bonds is 7. The normalized spacial score (nSPS) is 14.7. The first-order valence-corrected chi connectivity index (χ1v) is 11.2. The monoisotopic (exact) mass is 464 g/mol. The molecule has 0 radical (unpaired) electrons. The van der Waals surface area contributed by atoms with Crippen molar-refractivity contribution in [2.75, 3.05) is 31.5 Å². The van der Waals surface area contributed by atoms with Crippen LogP contribution < -0.4 is 5.32 Å². The van der Waals surface area contributed by atoms with Gasteiger partial charge in [0.1, 0.15) is 0 Å². The number of nitrogens with one attached hydrogen (secondary N) is 1. The van der Waals surface area contributed by atoms with Crippen molar-refractivity contribution in [2.24, 2.45) is 0 Å². The number of carbonyl (C=O) groups excluding carboxylic acids is 1. The number of piperazine rings is 1. The molecule has 1 aliphatic rings. The van der Waals surface area contributed by atoms with E-state index in [2.05, 4.69) is 39.4 Å². The summed E-state index contributed by atoms with van der Waals surface area (Å²) in [5.41, 5.74) is 3.01. The number of hydrogen-bond acceptors (Lipinski definition) is 5. The molecule has 1 fully saturated rings. The van der Waals surface area contributed by atoms with Gasteiger partial charge in [-0.05, 0) is 29.3 Å². The van der Waals surface area contributed by atoms with E-state index in [-0.39, 0.29) is 16.3 Å². The average molecular weight is 465 g/mol. The molecule has 0 atom stereocenters. The van der Waals surface area contributed by atoms with Gasteiger partial charge in [-0.15, -0.1) is 0 Å². The summed E-state index contributed by atoms with van der Waals surface area (Å²) in [5, 5.41) is 13.9. The molecular weight excluding hydrogens is 440 g/mol. The second-order valence-corrected chi connectivity index (χ2v) is 8.52. The number of halogens is 1. The lowest BCUT2D eigenvalue weighted by molar-refractivity contribution is -0.384. The van der Waals surface area contributed by atoms with Crippen LogP contribution in [0.5, 0.6) is 0 Å². The summed E-state index contributed by atoms with van der Waals surface area (Å²) in [4.78, 5) is 27.9. The number of amides is 1. The molecular formula is C25H25ClN4O3. The van der Waals surface area contributed by atoms with Crippen LogP contribution in [0.1, 0.15) is 21.5 Å². The molecule has 0 aliphatic carbocycles. The Morgan fingerprint density at radius 1 is 0.879 bits per heavy atom. The third kappa shape index (κ3) is 6.16. The average Bonchev–Trinajstić information content (AvgIpc) is 2.82. The van der Waals surface area contributed by atoms with Crippen LogP contribution in [0.3, 0.4) is 0 Å². The van der Waals surface area contributed by atoms with E-state index >= 15 is 0 Å². The third-order valence-electron chi connectivity index (χ3n) is 5.74. The van der Waals surface area contributed by atoms with Crippen molar-refractivity contribution >= 4 is 28.9 Å². The van der Waals surface area contributed by atoms with Crippen LogP contribution >= 0.6 is 11.6 Å². The molecule has 0 aromatic heterocycles. The van der Waals surface area contributed by atoms with E-state index in [0.717, 1.165) is 44.8 Å². The van der Waals surface area contributed by atoms with E-state index in [1.165, 1.54) is 23.8 Å². The zero-order valence-electron chi connectivity index (χ0n) is 18.1. The standard InChI is InChI=1S/C25H25ClN4O3/c26-24-11-10-22(30(32)33)16-23(24)25(31)27-21-8-6-20(7-9-21)18-29-14-12-28(13-15-29)17-19-4-2-1-3-5-19/h1-11,16H,12-15,17-18H2,(H,27,31). The van der Waals surface area contributed by atoms with E-state index in [4.69, 9.17) is 11.6 Å². The molecule has 1 heterocycles. The van der Waals surface area contributed by atoms with Gasteiger partial charge in [0.2, 0.25) is 0 Å². The highest BCUT2D eigenvalue weighted by Gasteiger charge is 2.18. The van der Waals surface area contributed by atoms with Gasteiger partial charge in [-0.2, -0.15) is 0 Å². The summed E-state index contributed by atoms with van der Waals surface area (Å²) >= 11 is 6.06. The summed E-state index contributed by atoms with van der Waals surface area (Å²) in [6.07, 6.45) is 0. The smallest absolute Gasteiger partial charge is 0.270 e. The number of nitro groups is 1. The van der Waals surface area contributed by atoms with Crippen LogP contribution in [0.15, 0.2) is 72.8 Å². The zero-order valence-corrected chi connectivity index (χ0v) is 18.9. The predicted octanol–water partition coefficient (Wildman–Crippen LogP) is 4.82. The van der Waals surface area contributed by atoms with Crippen molar-refractivity contribution in [1.82, 2.24) is 9.80 Å². The second kappa shape index (κ2) is 10.6. The molecule has 7 nitrogen and oxygen atoms in total. The fourth-order valence-electron chi connectivity index (χ4n) is 3.90. The largest absolute Gasteiger partial charge is 0.322 e. The fraction of sp³-hybridized carbons (Fsp3) is 0.240. The van der Waals surface area contributed by atoms with Gasteiger partial charge in [0, 0.05) is 57.1 Å². The van der Waals surface area contributed by atoms with Crippen LogP contribution in [-0.2, 0) is 13.1 Å². The van der Waals surface area contributed by atoms with Gasteiger partial charge >= 0.3 is 0 Å². The van der Waals surface area contributed by atoms with Gasteiger partial charge in [-0.3, -0.25) is 24.7 Å². The minimum Gasteiger partial charge on any atom is -0.322 e. The van der Waals surface area contributed by atoms with Crippen LogP contribution in [0.25, 0.3) is 0 Å². The van der Waals surface area contributed by atoms with Gasteiger partial charge in [0.25, 0.3) is 11.6 Å². The number of nitrogens with zero attached hydrogens (tertiary/aromatic N) is 3. The number of benzene rings is 3. The lowest BCUT2D eigenvalue weighted by atomic mass is 10.1. The molecule has 1 saturated heterocycles. The predicted molar refractivity (Wildman–Crippen MR) is 129 cm³/mol. The number of nitro benzene ring substituents is 1. The third-order valence-corrected chi connectivity index (χ3v) is 6.07. The molecule has 3 aromatic carbocycles. The molecule has 0 bridgehead atoms. The minimum atomic E-state index is -0.552. The molecule has 0 saturated carbocycles. The maximum atomic E-state index is 12.5. The van der Waals surface area contributed by atoms with Crippen molar-refractivity contribution in [3.63, 3.8) is 0 Å². The highest BCUT2D eigenvalue weighted by atomic mass is 35.5. The van der Waals surface area contributed by atoms with Gasteiger partial charge in [0.15, 0.2) is 0 Å². The van der Waals surface area contributed by atoms with E-state index < -0.39 is 10.8 Å². The number of anilines is 1. The number of non-ortho nitro benzene ring substituents is 1. The quantitative estimate of drug-likeness (QED) is 0.400. The minimum absolute atomic E-state index is 0.0725. The van der Waals surface area contributed by atoms with Gasteiger partial charge in [-0.1, -0.05) is 54.1 Å². The lowest BCUT2D eigenvalue weighted by Crippen LogP contribution is -2.45. The Morgan fingerprint density at radius 2 is 1.45 bits per heavy atom. The van der Waals surface area contributed by atoms with E-state index in [1.54, 1.807) is 0 Å². The van der Waals surface area contributed by atoms with Gasteiger partial charge in [-0.25, -0.2) is 0 Å². The summed E-state index contributed by atoms with van der Waals surface area (Å²) in [7, 11) is 0. The molecule has 4 rings (SSSR count). The summed E-state index contributed by atoms with van der Waals surface area (Å²) < 4.78 is 0. The number of hydrogen-bond donors (Lipinski definition) is 1. The first kappa shape index (κ1) is 22.9. The van der Waals surface area contributed by atoms with Crippen molar-refractivity contribution in [2.45, 2.75) is 13.1 Å². The Morgan fingerprint density at radius 3 is 2.03 bits per heavy atom. The Hall–Kier alpha value is -3.26.